The molecule has 2 heterocycles. The summed E-state index contributed by atoms with van der Waals surface area (Å²) in [5.74, 6) is -0.0725. The number of carbonyl (C=O) groups is 1. The average Bonchev–Trinajstić information content (AvgIpc) is 3.47. The third kappa shape index (κ3) is 4.45. The second-order valence-electron chi connectivity index (χ2n) is 7.50. The van der Waals surface area contributed by atoms with Crippen LogP contribution in [-0.4, -0.2) is 15.7 Å². The van der Waals surface area contributed by atoms with Crippen LogP contribution in [0.15, 0.2) is 102 Å². The third-order valence-electron chi connectivity index (χ3n) is 5.25. The van der Waals surface area contributed by atoms with E-state index in [9.17, 15) is 9.18 Å². The van der Waals surface area contributed by atoms with E-state index in [1.54, 1.807) is 29.0 Å². The fraction of sp³-hybridized carbons (Fsp3) is 0.0370. The van der Waals surface area contributed by atoms with Crippen molar-refractivity contribution in [1.82, 2.24) is 15.1 Å². The van der Waals surface area contributed by atoms with Crippen molar-refractivity contribution in [3.8, 4) is 17.1 Å². The number of hydrogen-bond acceptors (Lipinski definition) is 3. The molecule has 0 aliphatic heterocycles. The molecule has 0 aliphatic rings. The van der Waals surface area contributed by atoms with Gasteiger partial charge in [0.2, 0.25) is 5.91 Å². The first kappa shape index (κ1) is 20.5. The van der Waals surface area contributed by atoms with Gasteiger partial charge in [0, 0.05) is 35.3 Å². The van der Waals surface area contributed by atoms with Gasteiger partial charge >= 0.3 is 0 Å². The van der Waals surface area contributed by atoms with Gasteiger partial charge in [0.05, 0.1) is 5.69 Å². The minimum absolute atomic E-state index is 0.107. The molecule has 0 radical (unpaired) electrons. The molecule has 2 aromatic heterocycles. The van der Waals surface area contributed by atoms with Crippen molar-refractivity contribution in [2.45, 2.75) is 6.54 Å². The zero-order valence-corrected chi connectivity index (χ0v) is 17.6. The summed E-state index contributed by atoms with van der Waals surface area (Å²) in [6, 6.07) is 25.7. The molecule has 5 nitrogen and oxygen atoms in total. The van der Waals surface area contributed by atoms with E-state index < -0.39 is 0 Å². The van der Waals surface area contributed by atoms with Crippen molar-refractivity contribution in [1.29, 1.82) is 0 Å². The Hall–Kier alpha value is -4.45. The molecule has 3 aromatic carbocycles. The van der Waals surface area contributed by atoms with Gasteiger partial charge in [-0.25, -0.2) is 9.07 Å². The SMILES string of the molecule is O=C(/C=C/c1cn(-c2ccccc2)nc1-c1cc2ccccc2o1)NCc1ccccc1F. The summed E-state index contributed by atoms with van der Waals surface area (Å²) in [5.41, 5.74) is 3.42. The number of rotatable bonds is 6. The molecule has 0 spiro atoms. The van der Waals surface area contributed by atoms with Gasteiger partial charge < -0.3 is 9.73 Å². The van der Waals surface area contributed by atoms with Crippen molar-refractivity contribution >= 4 is 23.0 Å². The lowest BCUT2D eigenvalue weighted by molar-refractivity contribution is -0.116. The Morgan fingerprint density at radius 3 is 2.58 bits per heavy atom. The Labute approximate surface area is 189 Å². The van der Waals surface area contributed by atoms with Crippen LogP contribution in [0.5, 0.6) is 0 Å². The van der Waals surface area contributed by atoms with Gasteiger partial charge in [-0.15, -0.1) is 0 Å². The van der Waals surface area contributed by atoms with E-state index in [0.717, 1.165) is 22.2 Å². The molecule has 5 aromatic rings. The molecule has 0 aliphatic carbocycles. The van der Waals surface area contributed by atoms with Gasteiger partial charge in [-0.3, -0.25) is 4.79 Å². The second kappa shape index (κ2) is 8.96. The van der Waals surface area contributed by atoms with E-state index >= 15 is 0 Å². The smallest absolute Gasteiger partial charge is 0.244 e. The highest BCUT2D eigenvalue weighted by Crippen LogP contribution is 2.30. The summed E-state index contributed by atoms with van der Waals surface area (Å²) in [6.45, 7) is 0.107. The Morgan fingerprint density at radius 2 is 1.76 bits per heavy atom. The Balaban J connectivity index is 1.44. The van der Waals surface area contributed by atoms with Crippen molar-refractivity contribution < 1.29 is 13.6 Å². The molecule has 0 fully saturated rings. The molecule has 162 valence electrons. The van der Waals surface area contributed by atoms with Gasteiger partial charge in [-0.05, 0) is 36.4 Å². The number of halogens is 1. The van der Waals surface area contributed by atoms with Crippen LogP contribution in [0, 0.1) is 5.82 Å². The fourth-order valence-corrected chi connectivity index (χ4v) is 3.56. The van der Waals surface area contributed by atoms with Crippen LogP contribution in [0.4, 0.5) is 4.39 Å². The van der Waals surface area contributed by atoms with E-state index in [2.05, 4.69) is 5.32 Å². The van der Waals surface area contributed by atoms with E-state index in [1.807, 2.05) is 66.9 Å². The number of amides is 1. The Bertz CT molecular complexity index is 1420. The van der Waals surface area contributed by atoms with E-state index in [1.165, 1.54) is 12.1 Å². The summed E-state index contributed by atoms with van der Waals surface area (Å²) in [7, 11) is 0. The van der Waals surface area contributed by atoms with Crippen LogP contribution in [0.25, 0.3) is 34.2 Å². The largest absolute Gasteiger partial charge is 0.454 e. The van der Waals surface area contributed by atoms with Crippen molar-refractivity contribution in [3.05, 3.63) is 114 Å². The lowest BCUT2D eigenvalue weighted by atomic mass is 10.1. The minimum Gasteiger partial charge on any atom is -0.454 e. The summed E-state index contributed by atoms with van der Waals surface area (Å²) in [6.07, 6.45) is 4.95. The maximum Gasteiger partial charge on any atom is 0.244 e. The molecule has 1 amide bonds. The van der Waals surface area contributed by atoms with Crippen LogP contribution in [0.2, 0.25) is 0 Å². The highest BCUT2D eigenvalue weighted by molar-refractivity contribution is 5.93. The summed E-state index contributed by atoms with van der Waals surface area (Å²) in [5, 5.41) is 8.40. The molecule has 0 saturated carbocycles. The summed E-state index contributed by atoms with van der Waals surface area (Å²) < 4.78 is 21.6. The van der Waals surface area contributed by atoms with E-state index in [0.29, 0.717) is 17.0 Å². The van der Waals surface area contributed by atoms with Gasteiger partial charge in [0.15, 0.2) is 5.76 Å². The molecular formula is C27H20FN3O2. The van der Waals surface area contributed by atoms with Crippen LogP contribution >= 0.6 is 0 Å². The Kier molecular flexibility index (Phi) is 5.55. The molecular weight excluding hydrogens is 417 g/mol. The van der Waals surface area contributed by atoms with Crippen molar-refractivity contribution in [2.24, 2.45) is 0 Å². The molecule has 1 N–H and O–H groups in total. The number of para-hydroxylation sites is 2. The molecule has 5 rings (SSSR count). The average molecular weight is 437 g/mol. The standard InChI is InChI=1S/C27H20FN3O2/c28-23-12-6-4-9-20(23)17-29-26(32)15-14-21-18-31(22-10-2-1-3-11-22)30-27(21)25-16-19-8-5-7-13-24(19)33-25/h1-16,18H,17H2,(H,29,32)/b15-14+. The summed E-state index contributed by atoms with van der Waals surface area (Å²) in [4.78, 5) is 12.4. The highest BCUT2D eigenvalue weighted by Gasteiger charge is 2.15. The monoisotopic (exact) mass is 437 g/mol. The van der Waals surface area contributed by atoms with Crippen molar-refractivity contribution in [2.75, 3.05) is 0 Å². The van der Waals surface area contributed by atoms with Crippen molar-refractivity contribution in [3.63, 3.8) is 0 Å². The topological polar surface area (TPSA) is 60.1 Å². The lowest BCUT2D eigenvalue weighted by Crippen LogP contribution is -2.20. The molecule has 6 heteroatoms. The minimum atomic E-state index is -0.349. The number of carbonyl (C=O) groups excluding carboxylic acids is 1. The first-order chi connectivity index (χ1) is 16.2. The number of hydrogen-bond donors (Lipinski definition) is 1. The predicted octanol–water partition coefficient (Wildman–Crippen LogP) is 5.75. The van der Waals surface area contributed by atoms with E-state index in [4.69, 9.17) is 9.52 Å². The number of nitrogens with one attached hydrogen (secondary N) is 1. The number of nitrogens with zero attached hydrogens (tertiary/aromatic N) is 2. The van der Waals surface area contributed by atoms with Crippen LogP contribution in [0.3, 0.4) is 0 Å². The van der Waals surface area contributed by atoms with Gasteiger partial charge in [0.1, 0.15) is 17.1 Å². The number of furan rings is 1. The maximum atomic E-state index is 13.8. The molecule has 0 atom stereocenters. The van der Waals surface area contributed by atoms with Gasteiger partial charge in [-0.1, -0.05) is 54.6 Å². The zero-order valence-electron chi connectivity index (χ0n) is 17.6. The molecule has 33 heavy (non-hydrogen) atoms. The first-order valence-electron chi connectivity index (χ1n) is 10.5. The van der Waals surface area contributed by atoms with Gasteiger partial charge in [-0.2, -0.15) is 5.10 Å². The lowest BCUT2D eigenvalue weighted by Gasteiger charge is -2.03. The summed E-state index contributed by atoms with van der Waals surface area (Å²) >= 11 is 0. The van der Waals surface area contributed by atoms with Crippen LogP contribution in [-0.2, 0) is 11.3 Å². The van der Waals surface area contributed by atoms with Crippen LogP contribution < -0.4 is 5.32 Å². The number of aromatic nitrogens is 2. The number of benzene rings is 3. The normalized spacial score (nSPS) is 11.3. The molecule has 0 bridgehead atoms. The third-order valence-corrected chi connectivity index (χ3v) is 5.25. The van der Waals surface area contributed by atoms with Crippen LogP contribution in [0.1, 0.15) is 11.1 Å². The fourth-order valence-electron chi connectivity index (χ4n) is 3.56. The zero-order chi connectivity index (χ0) is 22.6. The first-order valence-corrected chi connectivity index (χ1v) is 10.5. The number of fused-ring (bicyclic) bond motifs is 1. The maximum absolute atomic E-state index is 13.8. The van der Waals surface area contributed by atoms with E-state index in [-0.39, 0.29) is 18.3 Å². The Morgan fingerprint density at radius 1 is 1.00 bits per heavy atom. The predicted molar refractivity (Wildman–Crippen MR) is 126 cm³/mol. The molecule has 0 saturated heterocycles. The quantitative estimate of drug-likeness (QED) is 0.344. The van der Waals surface area contributed by atoms with Gasteiger partial charge in [0.25, 0.3) is 0 Å². The second-order valence-corrected chi connectivity index (χ2v) is 7.50. The highest BCUT2D eigenvalue weighted by atomic mass is 19.1. The molecule has 0 unspecified atom stereocenters.